The van der Waals surface area contributed by atoms with Crippen molar-refractivity contribution < 1.29 is 18.4 Å². The number of benzene rings is 2. The van der Waals surface area contributed by atoms with Crippen LogP contribution in [0, 0.1) is 11.6 Å². The molecule has 0 aliphatic rings. The van der Waals surface area contributed by atoms with Gasteiger partial charge in [0.1, 0.15) is 23.0 Å². The Balaban J connectivity index is 1.84. The molecule has 0 aliphatic heterocycles. The molecule has 0 spiro atoms. The number of Topliss-reactive ketones (excluding diaryl/α,β-unsaturated/α-hetero) is 1. The molecule has 2 N–H and O–H groups in total. The summed E-state index contributed by atoms with van der Waals surface area (Å²) in [6.45, 7) is 1.36. The fourth-order valence-corrected chi connectivity index (χ4v) is 2.99. The molecule has 27 heavy (non-hydrogen) atoms. The lowest BCUT2D eigenvalue weighted by atomic mass is 10.1. The van der Waals surface area contributed by atoms with E-state index in [9.17, 15) is 18.4 Å². The van der Waals surface area contributed by atoms with E-state index in [1.165, 1.54) is 13.0 Å². The predicted octanol–water partition coefficient (Wildman–Crippen LogP) is 4.45. The molecule has 0 unspecified atom stereocenters. The van der Waals surface area contributed by atoms with Gasteiger partial charge in [-0.1, -0.05) is 18.2 Å². The van der Waals surface area contributed by atoms with Gasteiger partial charge in [-0.15, -0.1) is 0 Å². The lowest BCUT2D eigenvalue weighted by molar-refractivity contribution is 0.101. The molecule has 2 aromatic heterocycles. The van der Waals surface area contributed by atoms with E-state index in [0.717, 1.165) is 23.0 Å². The van der Waals surface area contributed by atoms with Crippen LogP contribution in [0.1, 0.15) is 27.9 Å². The smallest absolute Gasteiger partial charge is 0.274 e. The topological polar surface area (TPSA) is 74.8 Å². The summed E-state index contributed by atoms with van der Waals surface area (Å²) in [7, 11) is 0. The van der Waals surface area contributed by atoms with Crippen molar-refractivity contribution >= 4 is 39.2 Å². The number of carbonyl (C=O) groups excluding carboxylic acids is 2. The van der Waals surface area contributed by atoms with Gasteiger partial charge < -0.3 is 10.3 Å². The molecule has 0 fully saturated rings. The van der Waals surface area contributed by atoms with Crippen molar-refractivity contribution in [2.75, 3.05) is 5.32 Å². The lowest BCUT2D eigenvalue weighted by Gasteiger charge is -2.08. The zero-order chi connectivity index (χ0) is 19.1. The highest BCUT2D eigenvalue weighted by Crippen LogP contribution is 2.28. The van der Waals surface area contributed by atoms with Crippen LogP contribution in [-0.4, -0.2) is 21.7 Å². The molecule has 4 aromatic rings. The summed E-state index contributed by atoms with van der Waals surface area (Å²) < 4.78 is 26.8. The van der Waals surface area contributed by atoms with Crippen LogP contribution in [0.2, 0.25) is 0 Å². The highest BCUT2D eigenvalue weighted by atomic mass is 19.1. The predicted molar refractivity (Wildman–Crippen MR) is 97.9 cm³/mol. The maximum Gasteiger partial charge on any atom is 0.274 e. The van der Waals surface area contributed by atoms with Crippen molar-refractivity contribution in [3.05, 3.63) is 71.6 Å². The third-order valence-corrected chi connectivity index (χ3v) is 4.24. The third kappa shape index (κ3) is 2.93. The maximum absolute atomic E-state index is 13.8. The number of pyridine rings is 1. The van der Waals surface area contributed by atoms with Crippen molar-refractivity contribution in [1.29, 1.82) is 0 Å². The summed E-state index contributed by atoms with van der Waals surface area (Å²) >= 11 is 0. The van der Waals surface area contributed by atoms with Crippen LogP contribution in [0.5, 0.6) is 0 Å². The number of aromatic amines is 1. The maximum atomic E-state index is 13.8. The van der Waals surface area contributed by atoms with Gasteiger partial charge in [-0.3, -0.25) is 9.59 Å². The molecule has 0 saturated carbocycles. The Morgan fingerprint density at radius 3 is 2.56 bits per heavy atom. The minimum absolute atomic E-state index is 0.0406. The zero-order valence-electron chi connectivity index (χ0n) is 14.1. The summed E-state index contributed by atoms with van der Waals surface area (Å²) in [4.78, 5) is 31.9. The number of aromatic nitrogens is 2. The van der Waals surface area contributed by atoms with Crippen molar-refractivity contribution in [2.45, 2.75) is 6.92 Å². The number of halogens is 2. The minimum atomic E-state index is -0.900. The number of nitrogens with one attached hydrogen (secondary N) is 2. The van der Waals surface area contributed by atoms with Gasteiger partial charge in [-0.2, -0.15) is 0 Å². The molecule has 2 aromatic carbocycles. The van der Waals surface area contributed by atoms with Gasteiger partial charge in [-0.05, 0) is 24.3 Å². The van der Waals surface area contributed by atoms with Crippen LogP contribution in [0.15, 0.2) is 48.5 Å². The molecule has 0 bridgehead atoms. The SMILES string of the molecule is CC(=O)c1nc(C(=O)Nc2ccc(F)cc2F)cc2c1[nH]c1ccccc12. The van der Waals surface area contributed by atoms with Gasteiger partial charge in [-0.25, -0.2) is 13.8 Å². The van der Waals surface area contributed by atoms with Crippen LogP contribution in [-0.2, 0) is 0 Å². The molecular formula is C20H13F2N3O2. The number of amides is 1. The average molecular weight is 365 g/mol. The van der Waals surface area contributed by atoms with E-state index in [4.69, 9.17) is 0 Å². The number of H-pyrrole nitrogens is 1. The molecule has 7 heteroatoms. The molecular weight excluding hydrogens is 352 g/mol. The summed E-state index contributed by atoms with van der Waals surface area (Å²) in [6.07, 6.45) is 0. The number of nitrogens with zero attached hydrogens (tertiary/aromatic N) is 1. The van der Waals surface area contributed by atoms with Crippen molar-refractivity contribution in [1.82, 2.24) is 9.97 Å². The molecule has 0 saturated heterocycles. The number of rotatable bonds is 3. The number of hydrogen-bond acceptors (Lipinski definition) is 3. The first-order valence-corrected chi connectivity index (χ1v) is 8.13. The van der Waals surface area contributed by atoms with Crippen LogP contribution >= 0.6 is 0 Å². The van der Waals surface area contributed by atoms with Gasteiger partial charge in [0.25, 0.3) is 5.91 Å². The van der Waals surface area contributed by atoms with E-state index in [0.29, 0.717) is 17.0 Å². The Bertz CT molecular complexity index is 1230. The second-order valence-electron chi connectivity index (χ2n) is 6.08. The Morgan fingerprint density at radius 1 is 1.04 bits per heavy atom. The summed E-state index contributed by atoms with van der Waals surface area (Å²) in [6, 6.07) is 11.8. The molecule has 0 atom stereocenters. The summed E-state index contributed by atoms with van der Waals surface area (Å²) in [5.74, 6) is -2.66. The molecule has 2 heterocycles. The first kappa shape index (κ1) is 16.8. The quantitative estimate of drug-likeness (QED) is 0.527. The number of hydrogen-bond donors (Lipinski definition) is 2. The highest BCUT2D eigenvalue weighted by molar-refractivity contribution is 6.16. The molecule has 1 amide bonds. The highest BCUT2D eigenvalue weighted by Gasteiger charge is 2.19. The van der Waals surface area contributed by atoms with E-state index < -0.39 is 17.5 Å². The normalized spacial score (nSPS) is 11.1. The summed E-state index contributed by atoms with van der Waals surface area (Å²) in [5, 5.41) is 3.86. The first-order chi connectivity index (χ1) is 12.9. The van der Waals surface area contributed by atoms with Gasteiger partial charge in [0.15, 0.2) is 5.78 Å². The summed E-state index contributed by atoms with van der Waals surface area (Å²) in [5.41, 5.74) is 1.24. The fourth-order valence-electron chi connectivity index (χ4n) is 2.99. The van der Waals surface area contributed by atoms with E-state index in [1.807, 2.05) is 24.3 Å². The third-order valence-electron chi connectivity index (χ3n) is 4.24. The van der Waals surface area contributed by atoms with Gasteiger partial charge in [0.2, 0.25) is 0 Å². The van der Waals surface area contributed by atoms with E-state index >= 15 is 0 Å². The fraction of sp³-hybridized carbons (Fsp3) is 0.0500. The van der Waals surface area contributed by atoms with Crippen LogP contribution in [0.3, 0.4) is 0 Å². The monoisotopic (exact) mass is 365 g/mol. The first-order valence-electron chi connectivity index (χ1n) is 8.13. The van der Waals surface area contributed by atoms with Crippen molar-refractivity contribution in [3.63, 3.8) is 0 Å². The van der Waals surface area contributed by atoms with Gasteiger partial charge in [0.05, 0.1) is 11.2 Å². The van der Waals surface area contributed by atoms with Crippen LogP contribution in [0.25, 0.3) is 21.8 Å². The van der Waals surface area contributed by atoms with Crippen LogP contribution < -0.4 is 5.32 Å². The standard InChI is InChI=1S/C20H13F2N3O2/c1-10(26)18-19-13(12-4-2-3-5-15(12)23-19)9-17(24-18)20(27)25-16-7-6-11(21)8-14(16)22/h2-9,23H,1H3,(H,25,27). The van der Waals surface area contributed by atoms with E-state index in [2.05, 4.69) is 15.3 Å². The number of carbonyl (C=O) groups is 2. The molecule has 4 rings (SSSR count). The number of anilines is 1. The van der Waals surface area contributed by atoms with E-state index in [1.54, 1.807) is 0 Å². The Labute approximate surface area is 152 Å². The van der Waals surface area contributed by atoms with Crippen molar-refractivity contribution in [2.24, 2.45) is 0 Å². The number of para-hydroxylation sites is 1. The van der Waals surface area contributed by atoms with Gasteiger partial charge >= 0.3 is 0 Å². The Hall–Kier alpha value is -3.61. The molecule has 134 valence electrons. The second-order valence-corrected chi connectivity index (χ2v) is 6.08. The zero-order valence-corrected chi connectivity index (χ0v) is 14.1. The number of ketones is 1. The van der Waals surface area contributed by atoms with Crippen molar-refractivity contribution in [3.8, 4) is 0 Å². The Morgan fingerprint density at radius 2 is 1.81 bits per heavy atom. The Kier molecular flexibility index (Phi) is 3.92. The second kappa shape index (κ2) is 6.28. The molecule has 0 aliphatic carbocycles. The largest absolute Gasteiger partial charge is 0.353 e. The van der Waals surface area contributed by atoms with E-state index in [-0.39, 0.29) is 22.9 Å². The van der Waals surface area contributed by atoms with Crippen LogP contribution in [0.4, 0.5) is 14.5 Å². The molecule has 0 radical (unpaired) electrons. The number of fused-ring (bicyclic) bond motifs is 3. The average Bonchev–Trinajstić information content (AvgIpc) is 3.01. The van der Waals surface area contributed by atoms with Gasteiger partial charge in [0, 0.05) is 29.3 Å². The molecule has 5 nitrogen and oxygen atoms in total. The lowest BCUT2D eigenvalue weighted by Crippen LogP contribution is -2.16. The minimum Gasteiger partial charge on any atom is -0.353 e.